The van der Waals surface area contributed by atoms with Crippen LogP contribution in [0.5, 0.6) is 0 Å². The first kappa shape index (κ1) is 20.4. The maximum Gasteiger partial charge on any atom is 0.227 e. The van der Waals surface area contributed by atoms with Crippen molar-refractivity contribution in [1.29, 1.82) is 0 Å². The molecule has 0 atom stereocenters. The van der Waals surface area contributed by atoms with E-state index >= 15 is 0 Å². The van der Waals surface area contributed by atoms with Crippen molar-refractivity contribution in [2.45, 2.75) is 38.4 Å². The van der Waals surface area contributed by atoms with Gasteiger partial charge in [0.2, 0.25) is 5.91 Å². The fourth-order valence-corrected chi connectivity index (χ4v) is 4.34. The Morgan fingerprint density at radius 2 is 2.10 bits per heavy atom. The van der Waals surface area contributed by atoms with Crippen LogP contribution in [0.4, 0.5) is 5.69 Å². The molecular formula is C22H24N4O3S. The van der Waals surface area contributed by atoms with E-state index in [1.165, 1.54) is 11.8 Å². The van der Waals surface area contributed by atoms with E-state index in [1.54, 1.807) is 23.3 Å². The molecule has 7 nitrogen and oxygen atoms in total. The number of aromatic nitrogens is 3. The quantitative estimate of drug-likeness (QED) is 0.396. The van der Waals surface area contributed by atoms with E-state index in [4.69, 9.17) is 4.42 Å². The molecule has 1 aromatic carbocycles. The summed E-state index contributed by atoms with van der Waals surface area (Å²) in [5.74, 6) is 2.06. The summed E-state index contributed by atoms with van der Waals surface area (Å²) >= 11 is 1.37. The van der Waals surface area contributed by atoms with Crippen molar-refractivity contribution in [3.8, 4) is 11.6 Å². The molecule has 0 bridgehead atoms. The van der Waals surface area contributed by atoms with Gasteiger partial charge in [-0.15, -0.1) is 10.2 Å². The Morgan fingerprint density at radius 1 is 1.23 bits per heavy atom. The summed E-state index contributed by atoms with van der Waals surface area (Å²) in [5, 5.41) is 9.26. The molecule has 8 heteroatoms. The van der Waals surface area contributed by atoms with Crippen LogP contribution in [-0.4, -0.2) is 38.8 Å². The number of benzene rings is 1. The van der Waals surface area contributed by atoms with Crippen LogP contribution in [0.15, 0.2) is 52.2 Å². The summed E-state index contributed by atoms with van der Waals surface area (Å²) in [5.41, 5.74) is 1.39. The zero-order valence-corrected chi connectivity index (χ0v) is 17.9. The number of hydrogen-bond donors (Lipinski definition) is 0. The van der Waals surface area contributed by atoms with Crippen molar-refractivity contribution in [3.63, 3.8) is 0 Å². The standard InChI is InChI=1S/C22H24N4O3S/c1-15(2)13-26-21(19-8-5-11-29-19)23-24-22(26)30-14-18(27)16-6-3-7-17(12-16)25-10-4-9-20(25)28/h3,5-8,11-12,15H,4,9-10,13-14H2,1-2H3. The molecule has 1 fully saturated rings. The van der Waals surface area contributed by atoms with Gasteiger partial charge in [-0.2, -0.15) is 0 Å². The molecule has 1 aliphatic rings. The highest BCUT2D eigenvalue weighted by Crippen LogP contribution is 2.27. The first-order chi connectivity index (χ1) is 14.5. The number of amides is 1. The van der Waals surface area contributed by atoms with Gasteiger partial charge in [0.15, 0.2) is 22.5 Å². The van der Waals surface area contributed by atoms with E-state index < -0.39 is 0 Å². The van der Waals surface area contributed by atoms with Crippen molar-refractivity contribution in [2.24, 2.45) is 5.92 Å². The molecule has 1 saturated heterocycles. The number of carbonyl (C=O) groups excluding carboxylic acids is 2. The highest BCUT2D eigenvalue weighted by molar-refractivity contribution is 7.99. The van der Waals surface area contributed by atoms with Crippen LogP contribution >= 0.6 is 11.8 Å². The number of Topliss-reactive ketones (excluding diaryl/α,β-unsaturated/α-hetero) is 1. The van der Waals surface area contributed by atoms with Crippen molar-refractivity contribution < 1.29 is 14.0 Å². The zero-order chi connectivity index (χ0) is 21.1. The Bertz CT molecular complexity index is 1040. The molecule has 0 aliphatic carbocycles. The van der Waals surface area contributed by atoms with Gasteiger partial charge in [-0.05, 0) is 36.6 Å². The molecule has 1 amide bonds. The number of anilines is 1. The lowest BCUT2D eigenvalue weighted by molar-refractivity contribution is -0.117. The summed E-state index contributed by atoms with van der Waals surface area (Å²) < 4.78 is 7.49. The van der Waals surface area contributed by atoms with Crippen LogP contribution in [0.25, 0.3) is 11.6 Å². The van der Waals surface area contributed by atoms with Gasteiger partial charge in [-0.25, -0.2) is 0 Å². The monoisotopic (exact) mass is 424 g/mol. The Hall–Kier alpha value is -2.87. The molecule has 156 valence electrons. The highest BCUT2D eigenvalue weighted by Gasteiger charge is 2.23. The largest absolute Gasteiger partial charge is 0.461 e. The fourth-order valence-electron chi connectivity index (χ4n) is 3.50. The van der Waals surface area contributed by atoms with Crippen LogP contribution in [0, 0.1) is 5.92 Å². The predicted molar refractivity (Wildman–Crippen MR) is 116 cm³/mol. The van der Waals surface area contributed by atoms with Crippen LogP contribution in [0.2, 0.25) is 0 Å². The molecule has 0 saturated carbocycles. The van der Waals surface area contributed by atoms with Crippen molar-refractivity contribution >= 4 is 29.1 Å². The summed E-state index contributed by atoms with van der Waals surface area (Å²) in [6.07, 6.45) is 3.03. The number of nitrogens with zero attached hydrogens (tertiary/aromatic N) is 4. The molecule has 0 radical (unpaired) electrons. The van der Waals surface area contributed by atoms with Crippen LogP contribution in [-0.2, 0) is 11.3 Å². The average molecular weight is 425 g/mol. The second-order valence-corrected chi connectivity index (χ2v) is 8.64. The first-order valence-corrected chi connectivity index (χ1v) is 11.0. The van der Waals surface area contributed by atoms with E-state index in [1.807, 2.05) is 28.8 Å². The Morgan fingerprint density at radius 3 is 2.80 bits per heavy atom. The third kappa shape index (κ3) is 4.33. The molecule has 1 aliphatic heterocycles. The lowest BCUT2D eigenvalue weighted by Crippen LogP contribution is -2.23. The predicted octanol–water partition coefficient (Wildman–Crippen LogP) is 4.30. The smallest absolute Gasteiger partial charge is 0.227 e. The van der Waals surface area contributed by atoms with E-state index in [0.29, 0.717) is 41.2 Å². The number of carbonyl (C=O) groups is 2. The molecule has 0 N–H and O–H groups in total. The van der Waals surface area contributed by atoms with Gasteiger partial charge >= 0.3 is 0 Å². The number of ketones is 1. The third-order valence-corrected chi connectivity index (χ3v) is 5.86. The number of rotatable bonds is 8. The first-order valence-electron chi connectivity index (χ1n) is 10.1. The van der Waals surface area contributed by atoms with Gasteiger partial charge < -0.3 is 9.32 Å². The molecule has 0 spiro atoms. The van der Waals surface area contributed by atoms with Crippen LogP contribution < -0.4 is 4.90 Å². The molecule has 0 unspecified atom stereocenters. The van der Waals surface area contributed by atoms with Crippen molar-refractivity contribution in [1.82, 2.24) is 14.8 Å². The van der Waals surface area contributed by atoms with E-state index in [-0.39, 0.29) is 17.4 Å². The molecule has 3 aromatic rings. The lowest BCUT2D eigenvalue weighted by Gasteiger charge is -2.16. The normalized spacial score (nSPS) is 14.1. The summed E-state index contributed by atoms with van der Waals surface area (Å²) in [7, 11) is 0. The lowest BCUT2D eigenvalue weighted by atomic mass is 10.1. The average Bonchev–Trinajstić information content (AvgIpc) is 3.47. The van der Waals surface area contributed by atoms with Gasteiger partial charge in [0.05, 0.1) is 12.0 Å². The number of thioether (sulfide) groups is 1. The molecule has 4 rings (SSSR count). The number of furan rings is 1. The van der Waals surface area contributed by atoms with E-state index in [9.17, 15) is 9.59 Å². The van der Waals surface area contributed by atoms with E-state index in [0.717, 1.165) is 18.7 Å². The Labute approximate surface area is 179 Å². The zero-order valence-electron chi connectivity index (χ0n) is 17.1. The second kappa shape index (κ2) is 8.87. The highest BCUT2D eigenvalue weighted by atomic mass is 32.2. The van der Waals surface area contributed by atoms with Crippen molar-refractivity contribution in [3.05, 3.63) is 48.2 Å². The maximum absolute atomic E-state index is 12.8. The van der Waals surface area contributed by atoms with E-state index in [2.05, 4.69) is 24.0 Å². The Kier molecular flexibility index (Phi) is 6.03. The van der Waals surface area contributed by atoms with Gasteiger partial charge in [0, 0.05) is 30.8 Å². The summed E-state index contributed by atoms with van der Waals surface area (Å²) in [6.45, 7) is 5.68. The maximum atomic E-state index is 12.8. The van der Waals surface area contributed by atoms with Gasteiger partial charge in [0.25, 0.3) is 0 Å². The van der Waals surface area contributed by atoms with Crippen LogP contribution in [0.3, 0.4) is 0 Å². The second-order valence-electron chi connectivity index (χ2n) is 7.70. The summed E-state index contributed by atoms with van der Waals surface area (Å²) in [6, 6.07) is 11.0. The van der Waals surface area contributed by atoms with Gasteiger partial charge in [0.1, 0.15) is 0 Å². The minimum absolute atomic E-state index is 0.00728. The molecular weight excluding hydrogens is 400 g/mol. The molecule has 30 heavy (non-hydrogen) atoms. The topological polar surface area (TPSA) is 81.2 Å². The third-order valence-electron chi connectivity index (χ3n) is 4.89. The number of hydrogen-bond acceptors (Lipinski definition) is 6. The fraction of sp³-hybridized carbons (Fsp3) is 0.364. The van der Waals surface area contributed by atoms with Gasteiger partial charge in [-0.1, -0.05) is 37.7 Å². The van der Waals surface area contributed by atoms with Gasteiger partial charge in [-0.3, -0.25) is 14.2 Å². The van der Waals surface area contributed by atoms with Crippen molar-refractivity contribution in [2.75, 3.05) is 17.2 Å². The molecule has 3 heterocycles. The minimum atomic E-state index is -0.00728. The SMILES string of the molecule is CC(C)Cn1c(SCC(=O)c2cccc(N3CCCC3=O)c2)nnc1-c1ccco1. The molecule has 2 aromatic heterocycles. The minimum Gasteiger partial charge on any atom is -0.461 e. The Balaban J connectivity index is 1.50. The van der Waals surface area contributed by atoms with Crippen LogP contribution in [0.1, 0.15) is 37.0 Å². The summed E-state index contributed by atoms with van der Waals surface area (Å²) in [4.78, 5) is 26.6.